The number of aromatic nitrogens is 6. The van der Waals surface area contributed by atoms with Crippen LogP contribution >= 0.6 is 11.6 Å². The average Bonchev–Trinajstić information content (AvgIpc) is 3.38. The SMILES string of the molecule is Nc1nccn2c([C@@H]3CCCCN3C(=O)c3ccnc(Cl)n3)nc(-c3ccc(C(=O)Nc4ccccn4)cc3)c12. The normalized spacial score (nSPS) is 15.2. The molecule has 0 aliphatic carbocycles. The number of anilines is 2. The number of likely N-dealkylation sites (tertiary alicyclic amines) is 1. The van der Waals surface area contributed by atoms with E-state index in [1.54, 1.807) is 59.9 Å². The van der Waals surface area contributed by atoms with Crippen molar-refractivity contribution in [2.24, 2.45) is 0 Å². The molecule has 5 aromatic rings. The van der Waals surface area contributed by atoms with Gasteiger partial charge in [-0.3, -0.25) is 14.0 Å². The van der Waals surface area contributed by atoms with E-state index >= 15 is 0 Å². The molecule has 1 aliphatic heterocycles. The summed E-state index contributed by atoms with van der Waals surface area (Å²) >= 11 is 5.96. The lowest BCUT2D eigenvalue weighted by atomic mass is 10.0. The smallest absolute Gasteiger partial charge is 0.273 e. The van der Waals surface area contributed by atoms with Crippen LogP contribution < -0.4 is 11.1 Å². The zero-order valence-electron chi connectivity index (χ0n) is 21.2. The van der Waals surface area contributed by atoms with Gasteiger partial charge >= 0.3 is 0 Å². The van der Waals surface area contributed by atoms with Crippen molar-refractivity contribution in [3.63, 3.8) is 0 Å². The van der Waals surface area contributed by atoms with Gasteiger partial charge < -0.3 is 16.0 Å². The Hall–Kier alpha value is -4.90. The molecule has 0 spiro atoms. The van der Waals surface area contributed by atoms with E-state index in [9.17, 15) is 9.59 Å². The Balaban J connectivity index is 1.36. The summed E-state index contributed by atoms with van der Waals surface area (Å²) in [6.07, 6.45) is 9.01. The minimum Gasteiger partial charge on any atom is -0.382 e. The molecule has 5 heterocycles. The Bertz CT molecular complexity index is 1710. The highest BCUT2D eigenvalue weighted by Gasteiger charge is 2.33. The number of hydrogen-bond acceptors (Lipinski definition) is 8. The van der Waals surface area contributed by atoms with Crippen LogP contribution in [0.5, 0.6) is 0 Å². The van der Waals surface area contributed by atoms with Crippen LogP contribution in [0.25, 0.3) is 16.8 Å². The number of benzene rings is 1. The van der Waals surface area contributed by atoms with Crippen molar-refractivity contribution in [1.82, 2.24) is 34.2 Å². The third-order valence-corrected chi connectivity index (χ3v) is 7.03. The number of carbonyl (C=O) groups excluding carboxylic acids is 2. The summed E-state index contributed by atoms with van der Waals surface area (Å²) in [5, 5.41) is 2.80. The standard InChI is InChI=1S/C28H24ClN9O2/c29-28-33-13-11-19(34-28)27(40)37-15-4-2-5-20(37)25-36-22(23-24(30)32-14-16-38(23)25)17-7-9-18(10-8-17)26(39)35-21-6-1-3-12-31-21/h1,3,6-14,16,20H,2,4-5,15H2,(H2,30,32)(H,31,35,39)/t20-/m0/s1. The molecule has 0 unspecified atom stereocenters. The van der Waals surface area contributed by atoms with Crippen molar-refractivity contribution in [1.29, 1.82) is 0 Å². The molecule has 1 saturated heterocycles. The molecule has 0 saturated carbocycles. The van der Waals surface area contributed by atoms with Crippen molar-refractivity contribution in [3.8, 4) is 11.3 Å². The lowest BCUT2D eigenvalue weighted by Crippen LogP contribution is -2.39. The summed E-state index contributed by atoms with van der Waals surface area (Å²) < 4.78 is 1.89. The van der Waals surface area contributed by atoms with Crippen molar-refractivity contribution < 1.29 is 9.59 Å². The van der Waals surface area contributed by atoms with E-state index < -0.39 is 0 Å². The van der Waals surface area contributed by atoms with Crippen molar-refractivity contribution in [2.75, 3.05) is 17.6 Å². The second-order valence-electron chi connectivity index (χ2n) is 9.32. The van der Waals surface area contributed by atoms with Crippen LogP contribution in [0.15, 0.2) is 73.3 Å². The van der Waals surface area contributed by atoms with Gasteiger partial charge in [-0.15, -0.1) is 0 Å². The number of nitrogens with one attached hydrogen (secondary N) is 1. The van der Waals surface area contributed by atoms with E-state index in [0.29, 0.717) is 40.8 Å². The number of halogens is 1. The molecule has 1 aromatic carbocycles. The first kappa shape index (κ1) is 25.4. The lowest BCUT2D eigenvalue weighted by Gasteiger charge is -2.34. The molecule has 11 nitrogen and oxygen atoms in total. The van der Waals surface area contributed by atoms with Gasteiger partial charge in [-0.05, 0) is 61.2 Å². The van der Waals surface area contributed by atoms with Gasteiger partial charge in [-0.25, -0.2) is 24.9 Å². The highest BCUT2D eigenvalue weighted by molar-refractivity contribution is 6.28. The minimum absolute atomic E-state index is 0.0176. The third kappa shape index (κ3) is 4.82. The maximum Gasteiger partial charge on any atom is 0.273 e. The van der Waals surface area contributed by atoms with Crippen LogP contribution in [-0.4, -0.2) is 52.6 Å². The number of imidazole rings is 1. The fourth-order valence-electron chi connectivity index (χ4n) is 4.97. The monoisotopic (exact) mass is 553 g/mol. The molecule has 0 bridgehead atoms. The molecule has 6 rings (SSSR count). The number of rotatable bonds is 5. The largest absolute Gasteiger partial charge is 0.382 e. The zero-order valence-corrected chi connectivity index (χ0v) is 22.0. The van der Waals surface area contributed by atoms with Gasteiger partial charge in [0.1, 0.15) is 34.4 Å². The Morgan fingerprint density at radius 1 is 0.950 bits per heavy atom. The second kappa shape index (κ2) is 10.7. The molecule has 200 valence electrons. The number of fused-ring (bicyclic) bond motifs is 1. The molecule has 1 atom stereocenters. The molecule has 40 heavy (non-hydrogen) atoms. The first-order valence-corrected chi connectivity index (χ1v) is 13.1. The van der Waals surface area contributed by atoms with E-state index in [2.05, 4.69) is 25.3 Å². The molecule has 3 N–H and O–H groups in total. The molecular weight excluding hydrogens is 530 g/mol. The van der Waals surface area contributed by atoms with Gasteiger partial charge in [0, 0.05) is 42.5 Å². The van der Waals surface area contributed by atoms with E-state index in [1.165, 1.54) is 6.20 Å². The molecule has 0 radical (unpaired) electrons. The number of nitrogen functional groups attached to an aromatic ring is 1. The summed E-state index contributed by atoms with van der Waals surface area (Å²) in [6, 6.07) is 13.6. The van der Waals surface area contributed by atoms with Gasteiger partial charge in [0.15, 0.2) is 0 Å². The summed E-state index contributed by atoms with van der Waals surface area (Å²) in [5.74, 6) is 0.936. The topological polar surface area (TPSA) is 144 Å². The van der Waals surface area contributed by atoms with Gasteiger partial charge in [0.25, 0.3) is 11.8 Å². The van der Waals surface area contributed by atoms with Gasteiger partial charge in [-0.1, -0.05) is 18.2 Å². The maximum absolute atomic E-state index is 13.5. The van der Waals surface area contributed by atoms with Gasteiger partial charge in [-0.2, -0.15) is 0 Å². The number of carbonyl (C=O) groups is 2. The Kier molecular flexibility index (Phi) is 6.79. The summed E-state index contributed by atoms with van der Waals surface area (Å²) in [4.78, 5) is 49.5. The van der Waals surface area contributed by atoms with Crippen molar-refractivity contribution in [3.05, 3.63) is 95.7 Å². The van der Waals surface area contributed by atoms with Crippen LogP contribution in [0.4, 0.5) is 11.6 Å². The fourth-order valence-corrected chi connectivity index (χ4v) is 5.12. The minimum atomic E-state index is -0.318. The van der Waals surface area contributed by atoms with Crippen LogP contribution in [-0.2, 0) is 0 Å². The molecule has 2 amide bonds. The predicted molar refractivity (Wildman–Crippen MR) is 150 cm³/mol. The second-order valence-corrected chi connectivity index (χ2v) is 9.66. The van der Waals surface area contributed by atoms with Crippen LogP contribution in [0.2, 0.25) is 5.28 Å². The maximum atomic E-state index is 13.5. The summed E-state index contributed by atoms with van der Waals surface area (Å²) in [6.45, 7) is 0.552. The van der Waals surface area contributed by atoms with Crippen molar-refractivity contribution in [2.45, 2.75) is 25.3 Å². The Labute approximate surface area is 234 Å². The van der Waals surface area contributed by atoms with Crippen molar-refractivity contribution >= 4 is 40.6 Å². The highest BCUT2D eigenvalue weighted by atomic mass is 35.5. The molecule has 1 aliphatic rings. The first-order chi connectivity index (χ1) is 19.5. The van der Waals surface area contributed by atoms with Gasteiger partial charge in [0.05, 0.1) is 6.04 Å². The summed E-state index contributed by atoms with van der Waals surface area (Å²) in [7, 11) is 0. The lowest BCUT2D eigenvalue weighted by molar-refractivity contribution is 0.0593. The number of piperidine rings is 1. The van der Waals surface area contributed by atoms with Crippen LogP contribution in [0.1, 0.15) is 52.0 Å². The van der Waals surface area contributed by atoms with E-state index in [4.69, 9.17) is 22.3 Å². The predicted octanol–water partition coefficient (Wildman–Crippen LogP) is 4.44. The van der Waals surface area contributed by atoms with Crippen LogP contribution in [0, 0.1) is 0 Å². The van der Waals surface area contributed by atoms with E-state index in [0.717, 1.165) is 24.8 Å². The number of hydrogen-bond donors (Lipinski definition) is 2. The Morgan fingerprint density at radius 2 is 1.80 bits per heavy atom. The summed E-state index contributed by atoms with van der Waals surface area (Å²) in [5.41, 5.74) is 9.05. The molecular formula is C28H24ClN9O2. The van der Waals surface area contributed by atoms with Gasteiger partial charge in [0.2, 0.25) is 5.28 Å². The highest BCUT2D eigenvalue weighted by Crippen LogP contribution is 2.36. The molecule has 1 fully saturated rings. The van der Waals surface area contributed by atoms with Crippen LogP contribution in [0.3, 0.4) is 0 Å². The number of nitrogens with two attached hydrogens (primary N) is 1. The first-order valence-electron chi connectivity index (χ1n) is 12.7. The van der Waals surface area contributed by atoms with E-state index in [-0.39, 0.29) is 28.8 Å². The van der Waals surface area contributed by atoms with E-state index in [1.807, 2.05) is 16.5 Å². The zero-order chi connectivity index (χ0) is 27.6. The Morgan fingerprint density at radius 3 is 2.58 bits per heavy atom. The fraction of sp³-hybridized carbons (Fsp3) is 0.179. The molecule has 12 heteroatoms. The average molecular weight is 554 g/mol. The quantitative estimate of drug-likeness (QED) is 0.304. The number of amides is 2. The number of pyridine rings is 1. The third-order valence-electron chi connectivity index (χ3n) is 6.84. The molecule has 4 aromatic heterocycles. The number of nitrogens with zero attached hydrogens (tertiary/aromatic N) is 7.